The predicted octanol–water partition coefficient (Wildman–Crippen LogP) is -5.13. The molecule has 0 aromatic heterocycles. The lowest BCUT2D eigenvalue weighted by molar-refractivity contribution is -0.155. The van der Waals surface area contributed by atoms with Crippen LogP contribution in [0.1, 0.15) is 120 Å². The number of carbonyl (C=O) groups excluding carboxylic acids is 12. The van der Waals surface area contributed by atoms with Gasteiger partial charge in [-0.2, -0.15) is 0 Å². The maximum atomic E-state index is 14.5. The monoisotopic (exact) mass is 1420 g/mol. The fourth-order valence-corrected chi connectivity index (χ4v) is 10.2. The number of hydrogen-bond acceptors (Lipinski definition) is 22. The van der Waals surface area contributed by atoms with Crippen LogP contribution in [0.3, 0.4) is 0 Å². The lowest BCUT2D eigenvalue weighted by atomic mass is 9.87. The largest absolute Gasteiger partial charge is 0.508 e. The van der Waals surface area contributed by atoms with E-state index in [9.17, 15) is 98.1 Å². The Bertz CT molecular complexity index is 3050. The second-order valence-corrected chi connectivity index (χ2v) is 25.7. The van der Waals surface area contributed by atoms with Gasteiger partial charge >= 0.3 is 5.97 Å². The van der Waals surface area contributed by atoms with Crippen LogP contribution in [0.4, 0.5) is 0 Å². The number of ether oxygens (including phenoxy) is 2. The number of primary amides is 1. The van der Waals surface area contributed by atoms with Gasteiger partial charge in [-0.05, 0) is 96.3 Å². The number of benzene rings is 1. The minimum Gasteiger partial charge on any atom is -0.508 e. The zero-order valence-corrected chi connectivity index (χ0v) is 59.0. The van der Waals surface area contributed by atoms with Crippen LogP contribution in [0.15, 0.2) is 48.1 Å². The SMILES string of the molecule is CCC(C)/C=C(C)/C=C\C(O)C(C)(O)C(=O)NCC(=O)N[C@H](C(=O)N[C@H](C(=O)NC(C(=O)N[C@H](C(=O)N[C@@H](COC)C(=O)NCC(=O)N[C@@H](C)C(=O)N[C@H](C(=O)N[C@H](C(=O)N1CCCC[C@H]1C(=O)O)C(OC)c1ccc(O)cc1)[C@@H](C)O)C(O)C(C)C)[C@@H](C)[C@@H](C)C(N)=O)C(C)N)[C@@H](C)O. The highest BCUT2D eigenvalue weighted by Gasteiger charge is 2.44. The molecule has 7 unspecified atom stereocenters. The van der Waals surface area contributed by atoms with Gasteiger partial charge in [-0.3, -0.25) is 57.5 Å². The van der Waals surface area contributed by atoms with Gasteiger partial charge in [0, 0.05) is 32.7 Å². The molecular weight excluding hydrogens is 1310 g/mol. The Morgan fingerprint density at radius 3 is 1.68 bits per heavy atom. The molecule has 1 aliphatic heterocycles. The number of allylic oxidation sites excluding steroid dienone is 3. The van der Waals surface area contributed by atoms with Crippen molar-refractivity contribution in [2.45, 2.75) is 205 Å². The number of amides is 12. The topological polar surface area (TPSA) is 558 Å². The van der Waals surface area contributed by atoms with Crippen molar-refractivity contribution in [3.8, 4) is 5.75 Å². The van der Waals surface area contributed by atoms with Gasteiger partial charge in [0.05, 0.1) is 38.0 Å². The molecule has 1 aromatic rings. The van der Waals surface area contributed by atoms with Gasteiger partial charge in [-0.15, -0.1) is 0 Å². The van der Waals surface area contributed by atoms with Crippen molar-refractivity contribution in [2.75, 3.05) is 40.5 Å². The Morgan fingerprint density at radius 1 is 0.660 bits per heavy atom. The van der Waals surface area contributed by atoms with E-state index >= 15 is 0 Å². The summed E-state index contributed by atoms with van der Waals surface area (Å²) in [5, 5.41) is 97.3. The number of hydrogen-bond donors (Lipinski definition) is 19. The number of nitrogens with one attached hydrogen (secondary N) is 10. The lowest BCUT2D eigenvalue weighted by Gasteiger charge is -2.38. The van der Waals surface area contributed by atoms with Crippen molar-refractivity contribution in [1.82, 2.24) is 58.1 Å². The number of carboxylic acids is 1. The summed E-state index contributed by atoms with van der Waals surface area (Å²) >= 11 is 0. The van der Waals surface area contributed by atoms with E-state index in [0.717, 1.165) is 44.8 Å². The first-order valence-electron chi connectivity index (χ1n) is 32.7. The van der Waals surface area contributed by atoms with Gasteiger partial charge in [0.15, 0.2) is 5.60 Å². The molecule has 0 radical (unpaired) electrons. The molecule has 35 heteroatoms. The molecular formula is C65H105N13O22. The highest BCUT2D eigenvalue weighted by molar-refractivity contribution is 5.99. The van der Waals surface area contributed by atoms with Crippen LogP contribution in [0, 0.1) is 23.7 Å². The number of aliphatic hydroxyl groups is 5. The van der Waals surface area contributed by atoms with E-state index < -0.39 is 211 Å². The van der Waals surface area contributed by atoms with Crippen molar-refractivity contribution in [2.24, 2.45) is 35.1 Å². The number of aromatic hydroxyl groups is 1. The molecule has 1 fully saturated rings. The molecule has 21 N–H and O–H groups in total. The average Bonchev–Trinajstić information content (AvgIpc) is 0.812. The van der Waals surface area contributed by atoms with E-state index in [1.807, 2.05) is 19.9 Å². The maximum Gasteiger partial charge on any atom is 0.326 e. The average molecular weight is 1420 g/mol. The number of likely N-dealkylation sites (tertiary alicyclic amines) is 1. The van der Waals surface area contributed by atoms with Crippen molar-refractivity contribution >= 4 is 76.9 Å². The third-order valence-corrected chi connectivity index (χ3v) is 16.9. The first kappa shape index (κ1) is 87.4. The summed E-state index contributed by atoms with van der Waals surface area (Å²) < 4.78 is 10.8. The minimum atomic E-state index is -2.44. The molecule has 562 valence electrons. The summed E-state index contributed by atoms with van der Waals surface area (Å²) in [6, 6.07) is -11.3. The summed E-state index contributed by atoms with van der Waals surface area (Å²) in [4.78, 5) is 177. The molecule has 1 heterocycles. The third kappa shape index (κ3) is 26.4. The summed E-state index contributed by atoms with van der Waals surface area (Å²) in [7, 11) is 2.36. The van der Waals surface area contributed by atoms with Gasteiger partial charge in [0.2, 0.25) is 65.0 Å². The third-order valence-electron chi connectivity index (χ3n) is 16.9. The molecule has 0 saturated carbocycles. The Kier molecular flexibility index (Phi) is 35.9. The fraction of sp³-hybridized carbons (Fsp3) is 0.646. The second-order valence-electron chi connectivity index (χ2n) is 25.7. The lowest BCUT2D eigenvalue weighted by Crippen LogP contribution is -2.65. The molecule has 1 saturated heterocycles. The first-order valence-corrected chi connectivity index (χ1v) is 32.7. The summed E-state index contributed by atoms with van der Waals surface area (Å²) in [5.41, 5.74) is 10.4. The molecule has 2 rings (SSSR count). The van der Waals surface area contributed by atoms with E-state index in [1.54, 1.807) is 6.92 Å². The van der Waals surface area contributed by atoms with Crippen LogP contribution in [-0.2, 0) is 71.8 Å². The molecule has 0 aliphatic carbocycles. The van der Waals surface area contributed by atoms with Gasteiger partial charge in [0.1, 0.15) is 72.3 Å². The van der Waals surface area contributed by atoms with Crippen molar-refractivity contribution in [3.63, 3.8) is 0 Å². The maximum absolute atomic E-state index is 14.5. The van der Waals surface area contributed by atoms with E-state index in [1.165, 1.54) is 85.1 Å². The summed E-state index contributed by atoms with van der Waals surface area (Å²) in [5.74, 6) is -17.7. The molecule has 19 atom stereocenters. The number of phenolic OH excluding ortho intramolecular Hbond substituents is 1. The summed E-state index contributed by atoms with van der Waals surface area (Å²) in [6.07, 6.45) is -1.60. The Labute approximate surface area is 580 Å². The second kappa shape index (κ2) is 41.1. The number of aliphatic hydroxyl groups excluding tert-OH is 4. The Hall–Kier alpha value is -8.71. The van der Waals surface area contributed by atoms with Crippen LogP contribution in [0.5, 0.6) is 5.75 Å². The number of carboxylic acid groups (broad SMARTS) is 1. The highest BCUT2D eigenvalue weighted by atomic mass is 16.5. The van der Waals surface area contributed by atoms with Gasteiger partial charge in [-0.25, -0.2) is 4.79 Å². The number of aliphatic carboxylic acids is 1. The van der Waals surface area contributed by atoms with Crippen LogP contribution in [0.25, 0.3) is 0 Å². The fourth-order valence-electron chi connectivity index (χ4n) is 10.2. The number of nitrogens with two attached hydrogens (primary N) is 2. The molecule has 35 nitrogen and oxygen atoms in total. The van der Waals surface area contributed by atoms with E-state index in [4.69, 9.17) is 20.9 Å². The number of phenols is 1. The zero-order chi connectivity index (χ0) is 76.4. The highest BCUT2D eigenvalue weighted by Crippen LogP contribution is 2.28. The molecule has 12 amide bonds. The smallest absolute Gasteiger partial charge is 0.326 e. The molecule has 0 bridgehead atoms. The number of piperidine rings is 1. The predicted molar refractivity (Wildman–Crippen MR) is 358 cm³/mol. The first-order chi connectivity index (χ1) is 46.6. The number of nitrogens with zero attached hydrogens (tertiary/aromatic N) is 1. The summed E-state index contributed by atoms with van der Waals surface area (Å²) in [6.45, 7) is 14.6. The van der Waals surface area contributed by atoms with Crippen LogP contribution >= 0.6 is 0 Å². The van der Waals surface area contributed by atoms with Gasteiger partial charge in [0.25, 0.3) is 5.91 Å². The molecule has 0 spiro atoms. The quantitative estimate of drug-likeness (QED) is 0.0273. The number of carbonyl (C=O) groups is 13. The van der Waals surface area contributed by atoms with Crippen LogP contribution in [-0.4, -0.2) is 248 Å². The van der Waals surface area contributed by atoms with Gasteiger partial charge in [-0.1, -0.05) is 83.9 Å². The zero-order valence-electron chi connectivity index (χ0n) is 59.0. The van der Waals surface area contributed by atoms with Gasteiger partial charge < -0.3 is 115 Å². The Balaban J connectivity index is 2.31. The van der Waals surface area contributed by atoms with Crippen LogP contribution in [0.2, 0.25) is 0 Å². The normalized spacial score (nSPS) is 19.1. The van der Waals surface area contributed by atoms with E-state index in [-0.39, 0.29) is 30.2 Å². The number of methoxy groups -OCH3 is 2. The van der Waals surface area contributed by atoms with Crippen molar-refractivity contribution in [3.05, 3.63) is 53.6 Å². The molecule has 100 heavy (non-hydrogen) atoms. The van der Waals surface area contributed by atoms with Crippen molar-refractivity contribution in [1.29, 1.82) is 0 Å². The van der Waals surface area contributed by atoms with E-state index in [0.29, 0.717) is 12.8 Å². The minimum absolute atomic E-state index is 0.0126. The molecule has 1 aliphatic rings. The van der Waals surface area contributed by atoms with E-state index in [2.05, 4.69) is 53.2 Å². The Morgan fingerprint density at radius 2 is 1.16 bits per heavy atom. The van der Waals surface area contributed by atoms with Crippen molar-refractivity contribution < 1.29 is 108 Å². The van der Waals surface area contributed by atoms with Crippen LogP contribution < -0.4 is 64.6 Å². The molecule has 1 aromatic carbocycles. The standard InChI is InChI=1S/C65H105N13O22/c1-15-31(4)26-32(5)19-24-43(82)65(12,98)64(97)69-28-45(84)72-48(37(10)79)59(91)74-47(35(8)66)58(90)73-46(33(6)34(7)54(67)86)57(89)76-50(52(85)30(2)3)61(93)71-41(29-99-13)56(88)68-27-44(83)70-36(9)55(87)75-49(38(11)80)60(92)77-51(53(100-14)39-20-22-40(81)23-21-39)62(94)78-25-17-16-18-42(78)63(95)96/h19-24,26,30-31,33-38,41-43,46-53,79-82,85,98H,15-18,25,27-29,66H2,1-14H3,(H2,67,86)(H,68,88)(H,69,97)(H,70,83)(H,71,93)(H,72,84)(H,73,90)(H,74,91)(H,75,87)(H,76,89)(H,77,92)(H,95,96)/b24-19-,32-26+/t31?,33-,34+,35?,36-,37+,38+,41-,42-,43?,46?,47-,48-,49-,50-,51-,52?,53?,65?/m0/s1. The number of rotatable bonds is 40.